The van der Waals surface area contributed by atoms with Gasteiger partial charge in [-0.05, 0) is 24.0 Å². The van der Waals surface area contributed by atoms with Crippen molar-refractivity contribution in [2.24, 2.45) is 0 Å². The molecule has 1 aromatic heterocycles. The molecule has 0 atom stereocenters. The van der Waals surface area contributed by atoms with Crippen LogP contribution in [-0.4, -0.2) is 16.1 Å². The van der Waals surface area contributed by atoms with Crippen LogP contribution in [0.2, 0.25) is 0 Å². The smallest absolute Gasteiger partial charge is 0.269 e. The van der Waals surface area contributed by atoms with Crippen LogP contribution in [0.1, 0.15) is 27.2 Å². The number of carbonyl (C=O) groups is 1. The molecule has 0 aliphatic heterocycles. The second-order valence-corrected chi connectivity index (χ2v) is 5.75. The lowest BCUT2D eigenvalue weighted by atomic mass is 9.89. The topological polar surface area (TPSA) is 57.8 Å². The van der Waals surface area contributed by atoms with Crippen molar-refractivity contribution in [2.45, 2.75) is 19.4 Å². The van der Waals surface area contributed by atoms with Gasteiger partial charge in [0.05, 0.1) is 5.69 Å². The van der Waals surface area contributed by atoms with Crippen molar-refractivity contribution in [3.8, 4) is 11.3 Å². The van der Waals surface area contributed by atoms with Crippen LogP contribution in [0.3, 0.4) is 0 Å². The molecule has 4 rings (SSSR count). The van der Waals surface area contributed by atoms with Gasteiger partial charge in [0.25, 0.3) is 5.91 Å². The molecule has 0 saturated carbocycles. The number of aromatic amines is 1. The quantitative estimate of drug-likeness (QED) is 0.781. The molecule has 0 bridgehead atoms. The molecular weight excluding hydrogens is 286 g/mol. The number of nitrogens with zero attached hydrogens (tertiary/aromatic N) is 1. The number of carbonyl (C=O) groups excluding carboxylic acids is 1. The van der Waals surface area contributed by atoms with E-state index in [1.807, 2.05) is 42.5 Å². The van der Waals surface area contributed by atoms with Crippen molar-refractivity contribution >= 4 is 5.91 Å². The normalized spacial score (nSPS) is 12.3. The van der Waals surface area contributed by atoms with Gasteiger partial charge in [-0.1, -0.05) is 54.6 Å². The third kappa shape index (κ3) is 2.52. The summed E-state index contributed by atoms with van der Waals surface area (Å²) in [5.74, 6) is -0.0954. The van der Waals surface area contributed by atoms with E-state index in [-0.39, 0.29) is 5.91 Å². The van der Waals surface area contributed by atoms with Crippen molar-refractivity contribution in [1.29, 1.82) is 0 Å². The molecule has 1 aliphatic carbocycles. The highest BCUT2D eigenvalue weighted by Gasteiger charge is 2.24. The number of fused-ring (bicyclic) bond motifs is 3. The van der Waals surface area contributed by atoms with E-state index in [0.29, 0.717) is 12.2 Å². The Hall–Kier alpha value is -2.88. The number of hydrogen-bond acceptors (Lipinski definition) is 2. The van der Waals surface area contributed by atoms with Crippen LogP contribution in [0.5, 0.6) is 0 Å². The van der Waals surface area contributed by atoms with E-state index in [2.05, 4.69) is 27.6 Å². The van der Waals surface area contributed by atoms with Crippen molar-refractivity contribution in [3.63, 3.8) is 0 Å². The Morgan fingerprint density at radius 1 is 1.04 bits per heavy atom. The fraction of sp³-hybridized carbons (Fsp3) is 0.158. The van der Waals surface area contributed by atoms with Gasteiger partial charge in [-0.15, -0.1) is 0 Å². The van der Waals surface area contributed by atoms with E-state index in [1.54, 1.807) is 0 Å². The third-order valence-corrected chi connectivity index (χ3v) is 4.31. The zero-order valence-electron chi connectivity index (χ0n) is 12.7. The Labute approximate surface area is 134 Å². The Balaban J connectivity index is 1.57. The van der Waals surface area contributed by atoms with E-state index < -0.39 is 0 Å². The van der Waals surface area contributed by atoms with Gasteiger partial charge in [0.2, 0.25) is 0 Å². The van der Waals surface area contributed by atoms with Crippen molar-refractivity contribution < 1.29 is 4.79 Å². The largest absolute Gasteiger partial charge is 0.347 e. The molecule has 23 heavy (non-hydrogen) atoms. The van der Waals surface area contributed by atoms with Crippen molar-refractivity contribution in [3.05, 3.63) is 77.0 Å². The first-order valence-electron chi connectivity index (χ1n) is 7.80. The lowest BCUT2D eigenvalue weighted by Gasteiger charge is -2.15. The third-order valence-electron chi connectivity index (χ3n) is 4.31. The number of nitrogens with one attached hydrogen (secondary N) is 2. The van der Waals surface area contributed by atoms with Crippen LogP contribution in [0.4, 0.5) is 0 Å². The van der Waals surface area contributed by atoms with Gasteiger partial charge in [-0.25, -0.2) is 0 Å². The van der Waals surface area contributed by atoms with Gasteiger partial charge in [-0.3, -0.25) is 9.89 Å². The molecule has 0 spiro atoms. The monoisotopic (exact) mass is 303 g/mol. The molecule has 2 N–H and O–H groups in total. The number of H-pyrrole nitrogens is 1. The maximum Gasteiger partial charge on any atom is 0.269 e. The molecule has 3 aromatic rings. The Bertz CT molecular complexity index is 852. The number of aromatic nitrogens is 2. The second kappa shape index (κ2) is 5.72. The van der Waals surface area contributed by atoms with E-state index >= 15 is 0 Å². The van der Waals surface area contributed by atoms with Crippen LogP contribution < -0.4 is 5.32 Å². The molecule has 4 nitrogen and oxygen atoms in total. The summed E-state index contributed by atoms with van der Waals surface area (Å²) < 4.78 is 0. The molecule has 1 aliphatic rings. The predicted molar refractivity (Wildman–Crippen MR) is 89.0 cm³/mol. The average molecular weight is 303 g/mol. The maximum absolute atomic E-state index is 12.5. The Morgan fingerprint density at radius 2 is 1.83 bits per heavy atom. The van der Waals surface area contributed by atoms with Gasteiger partial charge < -0.3 is 5.32 Å². The first-order valence-corrected chi connectivity index (χ1v) is 7.80. The zero-order valence-corrected chi connectivity index (χ0v) is 12.7. The Kier molecular flexibility index (Phi) is 3.42. The van der Waals surface area contributed by atoms with Crippen LogP contribution in [0.25, 0.3) is 11.3 Å². The number of hydrogen-bond donors (Lipinski definition) is 2. The molecule has 2 aromatic carbocycles. The molecule has 114 valence electrons. The van der Waals surface area contributed by atoms with Crippen LogP contribution in [0.15, 0.2) is 54.6 Å². The van der Waals surface area contributed by atoms with Crippen molar-refractivity contribution in [2.75, 3.05) is 0 Å². The summed E-state index contributed by atoms with van der Waals surface area (Å²) >= 11 is 0. The standard InChI is InChI=1S/C19H17N3O/c23-19(20-12-13-6-2-1-3-7-13)18-16-11-10-14-8-4-5-9-15(14)17(16)21-22-18/h1-9H,10-12H2,(H,20,23)(H,21,22). The van der Waals surface area contributed by atoms with Crippen molar-refractivity contribution in [1.82, 2.24) is 15.5 Å². The minimum Gasteiger partial charge on any atom is -0.347 e. The van der Waals surface area contributed by atoms with E-state index in [1.165, 1.54) is 5.56 Å². The first-order chi connectivity index (χ1) is 11.3. The number of rotatable bonds is 3. The lowest BCUT2D eigenvalue weighted by Crippen LogP contribution is -2.24. The molecule has 1 amide bonds. The predicted octanol–water partition coefficient (Wildman–Crippen LogP) is 3.11. The van der Waals surface area contributed by atoms with E-state index in [4.69, 9.17) is 0 Å². The molecule has 0 unspecified atom stereocenters. The summed E-state index contributed by atoms with van der Waals surface area (Å²) in [7, 11) is 0. The van der Waals surface area contributed by atoms with Crippen LogP contribution in [-0.2, 0) is 19.4 Å². The molecular formula is C19H17N3O. The highest BCUT2D eigenvalue weighted by molar-refractivity contribution is 5.95. The summed E-state index contributed by atoms with van der Waals surface area (Å²) in [5.41, 5.74) is 6.03. The zero-order chi connectivity index (χ0) is 15.6. The van der Waals surface area contributed by atoms with Gasteiger partial charge in [0, 0.05) is 17.7 Å². The molecule has 0 fully saturated rings. The van der Waals surface area contributed by atoms with Crippen LogP contribution >= 0.6 is 0 Å². The van der Waals surface area contributed by atoms with Gasteiger partial charge in [0.15, 0.2) is 0 Å². The lowest BCUT2D eigenvalue weighted by molar-refractivity contribution is 0.0945. The molecule has 4 heteroatoms. The van der Waals surface area contributed by atoms with Gasteiger partial charge >= 0.3 is 0 Å². The maximum atomic E-state index is 12.5. The fourth-order valence-electron chi connectivity index (χ4n) is 3.11. The first kappa shape index (κ1) is 13.8. The SMILES string of the molecule is O=C(NCc1ccccc1)c1[nH]nc2c1CCc1ccccc1-2. The van der Waals surface area contributed by atoms with Crippen LogP contribution in [0, 0.1) is 0 Å². The van der Waals surface area contributed by atoms with Gasteiger partial charge in [0.1, 0.15) is 5.69 Å². The van der Waals surface area contributed by atoms with E-state index in [0.717, 1.165) is 35.2 Å². The number of aryl methyl sites for hydroxylation is 1. The molecule has 1 heterocycles. The second-order valence-electron chi connectivity index (χ2n) is 5.75. The summed E-state index contributed by atoms with van der Waals surface area (Å²) in [6.07, 6.45) is 1.79. The fourth-order valence-corrected chi connectivity index (χ4v) is 3.11. The summed E-state index contributed by atoms with van der Waals surface area (Å²) in [4.78, 5) is 12.5. The molecule has 0 saturated heterocycles. The summed E-state index contributed by atoms with van der Waals surface area (Å²) in [6.45, 7) is 0.518. The van der Waals surface area contributed by atoms with E-state index in [9.17, 15) is 4.79 Å². The highest BCUT2D eigenvalue weighted by atomic mass is 16.1. The highest BCUT2D eigenvalue weighted by Crippen LogP contribution is 2.33. The van der Waals surface area contributed by atoms with Gasteiger partial charge in [-0.2, -0.15) is 5.10 Å². The summed E-state index contributed by atoms with van der Waals surface area (Å²) in [6, 6.07) is 18.2. The minimum atomic E-state index is -0.0954. The minimum absolute atomic E-state index is 0.0954. The Morgan fingerprint density at radius 3 is 2.70 bits per heavy atom. The number of benzene rings is 2. The summed E-state index contributed by atoms with van der Waals surface area (Å²) in [5, 5.41) is 10.3. The number of amides is 1. The molecule has 0 radical (unpaired) electrons. The average Bonchev–Trinajstić information content (AvgIpc) is 3.05.